The molecule has 3 aliphatic heterocycles. The molecular weight excluding hydrogens is 820 g/mol. The lowest BCUT2D eigenvalue weighted by Crippen LogP contribution is -2.60. The number of carbonyl (C=O) groups is 3. The van der Waals surface area contributed by atoms with Crippen molar-refractivity contribution < 1.29 is 89.5 Å². The van der Waals surface area contributed by atoms with Crippen molar-refractivity contribution in [3.8, 4) is 0 Å². The quantitative estimate of drug-likeness (QED) is 0.118. The molecule has 0 aromatic carbocycles. The van der Waals surface area contributed by atoms with Gasteiger partial charge in [-0.2, -0.15) is 0 Å². The van der Waals surface area contributed by atoms with Gasteiger partial charge in [0.2, 0.25) is 0 Å². The van der Waals surface area contributed by atoms with Gasteiger partial charge in [0, 0.05) is 50.2 Å². The first kappa shape index (κ1) is 59.6. The van der Waals surface area contributed by atoms with Gasteiger partial charge >= 0.3 is 17.9 Å². The van der Waals surface area contributed by atoms with Crippen molar-refractivity contribution in [1.82, 2.24) is 9.80 Å². The van der Waals surface area contributed by atoms with Crippen molar-refractivity contribution >= 4 is 17.9 Å². The number of aliphatic hydroxyl groups is 5. The van der Waals surface area contributed by atoms with E-state index in [1.807, 2.05) is 51.7 Å². The number of carboxylic acid groups (broad SMARTS) is 2. The zero-order chi connectivity index (χ0) is 46.2. The van der Waals surface area contributed by atoms with Gasteiger partial charge in [0.05, 0.1) is 41.5 Å². The lowest BCUT2D eigenvalue weighted by Gasteiger charge is -2.48. The summed E-state index contributed by atoms with van der Waals surface area (Å²) in [7, 11) is 7.12. The fourth-order valence-electron chi connectivity index (χ4n) is 8.88. The lowest BCUT2D eigenvalue weighted by atomic mass is 9.77. The second kappa shape index (κ2) is 24.8. The SMILES string of the molecule is CC[C@H]1OC(=O)[C@H](C)[C@@H](O[C@H]2C[C@@](C)(OC)[C@@H](O)[C@H](C)O2)[C@H](C)[C@@H](O[C@@H]2O[C@H](C)C[C@H](N(C)C)[C@H]2O)[C@](C)(O)C[C@@H](C)CN(C)[C@H](C)[C@@H](O)[C@]1(C)O.O.O.O=C(O)/C=C/C(=O)O. The molecule has 3 fully saturated rings. The van der Waals surface area contributed by atoms with Crippen LogP contribution in [0.3, 0.4) is 0 Å². The molecule has 11 N–H and O–H groups in total. The van der Waals surface area contributed by atoms with Gasteiger partial charge in [-0.15, -0.1) is 0 Å². The Bertz CT molecular complexity index is 1400. The summed E-state index contributed by atoms with van der Waals surface area (Å²) in [4.78, 5) is 37.2. The predicted octanol–water partition coefficient (Wildman–Crippen LogP) is -0.0369. The molecule has 3 aliphatic rings. The summed E-state index contributed by atoms with van der Waals surface area (Å²) in [6.07, 6.45) is -7.07. The van der Waals surface area contributed by atoms with E-state index < -0.39 is 108 Å². The number of likely N-dealkylation sites (N-methyl/N-ethyl adjacent to an activating group) is 2. The molecule has 0 unspecified atom stereocenters. The number of carboxylic acids is 2. The number of methoxy groups -OCH3 is 1. The zero-order valence-electron chi connectivity index (χ0n) is 39.0. The second-order valence-electron chi connectivity index (χ2n) is 18.2. The first-order valence-corrected chi connectivity index (χ1v) is 20.9. The van der Waals surface area contributed by atoms with Crippen LogP contribution in [0.1, 0.15) is 94.9 Å². The summed E-state index contributed by atoms with van der Waals surface area (Å²) >= 11 is 0. The standard InChI is InChI=1S/C38H72N2O12.C4H4O4.2H2O/c1-15-27-38(10,46)31(42)24(6)40(13)19-20(2)17-36(8,45)33(52-35-29(41)26(39(11)12)16-21(3)48-35)22(4)30(23(5)34(44)50-27)51-28-18-37(9,47-14)32(43)25(7)49-28;5-3(6)1-2-4(7)8;;/h20-33,35,41-43,45-46H,15-19H2,1-14H3;1-2H,(H,5,6)(H,7,8);2*1H2/b;2-1+;;/t20-,21-,22+,23-,24-,25+,26+,27-,28+,29-,30+,31-,32+,33-,35+,36-,37-,38-;;;/m1.../s1. The number of cyclic esters (lactones) is 1. The van der Waals surface area contributed by atoms with Crippen molar-refractivity contribution in [2.24, 2.45) is 17.8 Å². The van der Waals surface area contributed by atoms with Crippen molar-refractivity contribution in [3.05, 3.63) is 12.2 Å². The van der Waals surface area contributed by atoms with Crippen LogP contribution >= 0.6 is 0 Å². The van der Waals surface area contributed by atoms with Gasteiger partial charge in [0.25, 0.3) is 0 Å². The van der Waals surface area contributed by atoms with Crippen molar-refractivity contribution in [1.29, 1.82) is 0 Å². The van der Waals surface area contributed by atoms with Crippen molar-refractivity contribution in [2.75, 3.05) is 34.8 Å². The fraction of sp³-hybridized carbons (Fsp3) is 0.881. The van der Waals surface area contributed by atoms with E-state index in [1.54, 1.807) is 41.5 Å². The Balaban J connectivity index is 0.00000337. The minimum atomic E-state index is -1.80. The van der Waals surface area contributed by atoms with E-state index in [0.717, 1.165) is 0 Å². The monoisotopic (exact) mass is 901 g/mol. The molecule has 366 valence electrons. The minimum absolute atomic E-state index is 0. The maximum atomic E-state index is 14.2. The van der Waals surface area contributed by atoms with E-state index in [4.69, 9.17) is 38.6 Å². The van der Waals surface area contributed by atoms with Crippen LogP contribution in [0.2, 0.25) is 0 Å². The molecule has 0 aromatic rings. The van der Waals surface area contributed by atoms with Crippen molar-refractivity contribution in [3.63, 3.8) is 0 Å². The van der Waals surface area contributed by atoms with E-state index in [2.05, 4.69) is 0 Å². The number of esters is 1. The number of carbonyl (C=O) groups excluding carboxylic acids is 1. The van der Waals surface area contributed by atoms with Crippen LogP contribution in [0.4, 0.5) is 0 Å². The van der Waals surface area contributed by atoms with E-state index in [-0.39, 0.29) is 48.3 Å². The summed E-state index contributed by atoms with van der Waals surface area (Å²) in [5, 5.41) is 73.8. The third kappa shape index (κ3) is 15.4. The molecule has 3 heterocycles. The molecule has 3 saturated heterocycles. The molecule has 20 heteroatoms. The van der Waals surface area contributed by atoms with Gasteiger partial charge < -0.3 is 84.9 Å². The van der Waals surface area contributed by atoms with Gasteiger partial charge in [0.1, 0.15) is 30.0 Å². The molecule has 3 rings (SSSR count). The molecule has 0 aromatic heterocycles. The van der Waals surface area contributed by atoms with Crippen LogP contribution in [0, 0.1) is 17.8 Å². The Kier molecular flexibility index (Phi) is 23.8. The first-order chi connectivity index (χ1) is 27.5. The number of hydrogen-bond acceptors (Lipinski definition) is 16. The van der Waals surface area contributed by atoms with Crippen LogP contribution < -0.4 is 0 Å². The van der Waals surface area contributed by atoms with Crippen LogP contribution in [0.25, 0.3) is 0 Å². The molecule has 0 amide bonds. The second-order valence-corrected chi connectivity index (χ2v) is 18.2. The lowest BCUT2D eigenvalue weighted by molar-refractivity contribution is -0.318. The van der Waals surface area contributed by atoms with Gasteiger partial charge in [-0.1, -0.05) is 20.8 Å². The molecule has 0 aliphatic carbocycles. The Hall–Kier alpha value is -2.41. The smallest absolute Gasteiger partial charge is 0.328 e. The van der Waals surface area contributed by atoms with Crippen LogP contribution in [-0.2, 0) is 42.8 Å². The van der Waals surface area contributed by atoms with Gasteiger partial charge in [-0.3, -0.25) is 4.79 Å². The Labute approximate surface area is 366 Å². The largest absolute Gasteiger partial charge is 0.478 e. The molecule has 0 radical (unpaired) electrons. The number of ether oxygens (including phenoxy) is 6. The van der Waals surface area contributed by atoms with E-state index in [9.17, 15) is 39.9 Å². The highest BCUT2D eigenvalue weighted by atomic mass is 16.7. The number of aliphatic hydroxyl groups excluding tert-OH is 3. The molecule has 0 spiro atoms. The normalized spacial score (nSPS) is 42.8. The van der Waals surface area contributed by atoms with Crippen LogP contribution in [-0.4, -0.2) is 200 Å². The number of hydrogen-bond donors (Lipinski definition) is 7. The van der Waals surface area contributed by atoms with E-state index in [1.165, 1.54) is 14.0 Å². The van der Waals surface area contributed by atoms with Gasteiger partial charge in [-0.25, -0.2) is 9.59 Å². The van der Waals surface area contributed by atoms with Gasteiger partial charge in [0.15, 0.2) is 12.6 Å². The summed E-state index contributed by atoms with van der Waals surface area (Å²) in [6, 6.07) is -0.808. The first-order valence-electron chi connectivity index (χ1n) is 20.9. The third-order valence-corrected chi connectivity index (χ3v) is 12.6. The molecule has 20 nitrogen and oxygen atoms in total. The van der Waals surface area contributed by atoms with Crippen molar-refractivity contribution in [2.45, 2.75) is 185 Å². The highest BCUT2D eigenvalue weighted by Crippen LogP contribution is 2.40. The number of rotatable bonds is 9. The molecule has 18 atom stereocenters. The Morgan fingerprint density at radius 3 is 1.94 bits per heavy atom. The van der Waals surface area contributed by atoms with Gasteiger partial charge in [-0.05, 0) is 94.8 Å². The maximum absolute atomic E-state index is 14.2. The number of aliphatic carboxylic acids is 2. The Morgan fingerprint density at radius 1 is 0.903 bits per heavy atom. The van der Waals surface area contributed by atoms with E-state index in [0.29, 0.717) is 25.1 Å². The molecule has 62 heavy (non-hydrogen) atoms. The van der Waals surface area contributed by atoms with Crippen LogP contribution in [0.5, 0.6) is 0 Å². The average Bonchev–Trinajstić information content (AvgIpc) is 3.15. The zero-order valence-corrected chi connectivity index (χ0v) is 39.0. The van der Waals surface area contributed by atoms with Crippen LogP contribution in [0.15, 0.2) is 12.2 Å². The average molecular weight is 901 g/mol. The highest BCUT2D eigenvalue weighted by Gasteiger charge is 2.52. The predicted molar refractivity (Wildman–Crippen MR) is 226 cm³/mol. The summed E-state index contributed by atoms with van der Waals surface area (Å²) in [5.74, 6) is -5.10. The topological polar surface area (TPSA) is 318 Å². The molecule has 0 saturated carbocycles. The maximum Gasteiger partial charge on any atom is 0.328 e. The summed E-state index contributed by atoms with van der Waals surface area (Å²) < 4.78 is 37.5. The number of nitrogens with zero attached hydrogens (tertiary/aromatic N) is 2. The minimum Gasteiger partial charge on any atom is -0.478 e. The Morgan fingerprint density at radius 2 is 1.45 bits per heavy atom. The van der Waals surface area contributed by atoms with E-state index >= 15 is 0 Å². The molecular formula is C42H80N2O18. The fourth-order valence-corrected chi connectivity index (χ4v) is 8.88. The highest BCUT2D eigenvalue weighted by molar-refractivity contribution is 5.89. The summed E-state index contributed by atoms with van der Waals surface area (Å²) in [6.45, 7) is 18.0. The molecule has 0 bridgehead atoms. The third-order valence-electron chi connectivity index (χ3n) is 12.6. The summed E-state index contributed by atoms with van der Waals surface area (Å²) in [5.41, 5.74) is -4.37.